The van der Waals surface area contributed by atoms with Crippen molar-refractivity contribution in [3.8, 4) is 5.88 Å². The van der Waals surface area contributed by atoms with Crippen LogP contribution in [0.15, 0.2) is 30.3 Å². The number of ether oxygens (including phenoxy) is 1. The number of aryl methyl sites for hydroxylation is 1. The molecule has 29 heavy (non-hydrogen) atoms. The Morgan fingerprint density at radius 1 is 1.14 bits per heavy atom. The van der Waals surface area contributed by atoms with E-state index >= 15 is 0 Å². The lowest BCUT2D eigenvalue weighted by molar-refractivity contribution is 0.0724. The molecule has 0 radical (unpaired) electrons. The maximum atomic E-state index is 12.9. The quantitative estimate of drug-likeness (QED) is 0.670. The number of carbonyl (C=O) groups is 1. The summed E-state index contributed by atoms with van der Waals surface area (Å²) in [6.07, 6.45) is 3.34. The lowest BCUT2D eigenvalue weighted by Crippen LogP contribution is -2.35. The van der Waals surface area contributed by atoms with E-state index < -0.39 is 0 Å². The van der Waals surface area contributed by atoms with E-state index in [2.05, 4.69) is 20.5 Å². The molecule has 0 saturated carbocycles. The topological polar surface area (TPSA) is 83.1 Å². The number of aromatic amines is 1. The fourth-order valence-corrected chi connectivity index (χ4v) is 3.63. The lowest BCUT2D eigenvalue weighted by Gasteiger charge is -2.26. The largest absolute Gasteiger partial charge is 0.474 e. The first kappa shape index (κ1) is 19.2. The zero-order valence-electron chi connectivity index (χ0n) is 17.2. The smallest absolute Gasteiger partial charge is 0.253 e. The number of likely N-dealkylation sites (tertiary alicyclic amines) is 1. The number of hydrogen-bond acceptors (Lipinski definition) is 5. The van der Waals surface area contributed by atoms with Crippen molar-refractivity contribution in [3.63, 3.8) is 0 Å². The number of piperidine rings is 1. The third kappa shape index (κ3) is 4.34. The van der Waals surface area contributed by atoms with Gasteiger partial charge in [-0.05, 0) is 69.7 Å². The Labute approximate surface area is 170 Å². The maximum Gasteiger partial charge on any atom is 0.253 e. The first-order valence-electron chi connectivity index (χ1n) is 10.2. The number of nitrogens with zero attached hydrogens (tertiary/aromatic N) is 3. The molecule has 0 bridgehead atoms. The SMILES string of the molecule is Cc1cc(Nc2cc3cc(C(=O)N4CCCCC4)ccc3c(OC(C)C)n2)n[nH]1. The molecular formula is C22H27N5O2. The molecule has 0 atom stereocenters. The Bertz CT molecular complexity index is 1020. The van der Waals surface area contributed by atoms with Crippen molar-refractivity contribution in [2.45, 2.75) is 46.1 Å². The average molecular weight is 393 g/mol. The predicted molar refractivity (Wildman–Crippen MR) is 114 cm³/mol. The van der Waals surface area contributed by atoms with Crippen LogP contribution in [0.25, 0.3) is 10.8 Å². The Hall–Kier alpha value is -3.09. The highest BCUT2D eigenvalue weighted by atomic mass is 16.5. The van der Waals surface area contributed by atoms with E-state index in [1.54, 1.807) is 0 Å². The minimum Gasteiger partial charge on any atom is -0.474 e. The Morgan fingerprint density at radius 2 is 1.93 bits per heavy atom. The van der Waals surface area contributed by atoms with Crippen LogP contribution in [0.5, 0.6) is 5.88 Å². The summed E-state index contributed by atoms with van der Waals surface area (Å²) in [6.45, 7) is 7.55. The van der Waals surface area contributed by atoms with Crippen molar-refractivity contribution >= 4 is 28.3 Å². The van der Waals surface area contributed by atoms with E-state index in [1.165, 1.54) is 6.42 Å². The molecule has 0 spiro atoms. The number of pyridine rings is 1. The highest BCUT2D eigenvalue weighted by Crippen LogP contribution is 2.30. The van der Waals surface area contributed by atoms with E-state index in [4.69, 9.17) is 4.74 Å². The van der Waals surface area contributed by atoms with E-state index in [9.17, 15) is 4.79 Å². The van der Waals surface area contributed by atoms with Gasteiger partial charge in [0, 0.05) is 35.8 Å². The van der Waals surface area contributed by atoms with Crippen molar-refractivity contribution in [1.82, 2.24) is 20.1 Å². The third-order valence-electron chi connectivity index (χ3n) is 5.00. The van der Waals surface area contributed by atoms with Gasteiger partial charge < -0.3 is 15.0 Å². The van der Waals surface area contributed by atoms with Gasteiger partial charge in [0.15, 0.2) is 5.82 Å². The minimum atomic E-state index is -0.0109. The molecule has 1 aliphatic heterocycles. The van der Waals surface area contributed by atoms with Crippen molar-refractivity contribution in [2.24, 2.45) is 0 Å². The van der Waals surface area contributed by atoms with Crippen molar-refractivity contribution in [1.29, 1.82) is 0 Å². The molecule has 0 aliphatic carbocycles. The summed E-state index contributed by atoms with van der Waals surface area (Å²) in [4.78, 5) is 19.5. The summed E-state index contributed by atoms with van der Waals surface area (Å²) >= 11 is 0. The second-order valence-corrected chi connectivity index (χ2v) is 7.83. The summed E-state index contributed by atoms with van der Waals surface area (Å²) in [5.41, 5.74) is 1.66. The van der Waals surface area contributed by atoms with Crippen LogP contribution in [0, 0.1) is 6.92 Å². The van der Waals surface area contributed by atoms with Gasteiger partial charge in [0.2, 0.25) is 5.88 Å². The second kappa shape index (κ2) is 8.11. The fourth-order valence-electron chi connectivity index (χ4n) is 3.63. The molecule has 2 aromatic heterocycles. The van der Waals surface area contributed by atoms with Gasteiger partial charge in [0.05, 0.1) is 6.10 Å². The number of benzene rings is 1. The number of carbonyl (C=O) groups excluding carboxylic acids is 1. The number of hydrogen-bond donors (Lipinski definition) is 2. The van der Waals surface area contributed by atoms with E-state index in [0.717, 1.165) is 42.4 Å². The Balaban J connectivity index is 1.71. The predicted octanol–water partition coefficient (Wildman–Crippen LogP) is 4.42. The van der Waals surface area contributed by atoms with Crippen LogP contribution in [0.3, 0.4) is 0 Å². The first-order chi connectivity index (χ1) is 14.0. The average Bonchev–Trinajstić information content (AvgIpc) is 3.11. The minimum absolute atomic E-state index is 0.0109. The molecule has 1 amide bonds. The molecule has 7 nitrogen and oxygen atoms in total. The molecule has 1 aromatic carbocycles. The molecule has 152 valence electrons. The summed E-state index contributed by atoms with van der Waals surface area (Å²) < 4.78 is 5.95. The monoisotopic (exact) mass is 393 g/mol. The summed E-state index contributed by atoms with van der Waals surface area (Å²) in [5.74, 6) is 1.95. The molecule has 2 N–H and O–H groups in total. The lowest BCUT2D eigenvalue weighted by atomic mass is 10.1. The Kier molecular flexibility index (Phi) is 5.38. The van der Waals surface area contributed by atoms with Crippen LogP contribution in [0.1, 0.15) is 49.2 Å². The zero-order chi connectivity index (χ0) is 20.4. The highest BCUT2D eigenvalue weighted by molar-refractivity contribution is 6.00. The van der Waals surface area contributed by atoms with Crippen LogP contribution in [0.4, 0.5) is 11.6 Å². The van der Waals surface area contributed by atoms with Crippen LogP contribution >= 0.6 is 0 Å². The normalized spacial score (nSPS) is 14.4. The van der Waals surface area contributed by atoms with Gasteiger partial charge in [0.1, 0.15) is 5.82 Å². The molecule has 0 unspecified atom stereocenters. The highest BCUT2D eigenvalue weighted by Gasteiger charge is 2.19. The molecule has 3 heterocycles. The molecule has 7 heteroatoms. The molecule has 1 aliphatic rings. The van der Waals surface area contributed by atoms with E-state index in [0.29, 0.717) is 23.1 Å². The van der Waals surface area contributed by atoms with Crippen molar-refractivity contribution < 1.29 is 9.53 Å². The summed E-state index contributed by atoms with van der Waals surface area (Å²) in [5, 5.41) is 12.1. The number of amides is 1. The van der Waals surface area contributed by atoms with Crippen LogP contribution in [-0.4, -0.2) is 45.2 Å². The summed E-state index contributed by atoms with van der Waals surface area (Å²) in [7, 11) is 0. The summed E-state index contributed by atoms with van der Waals surface area (Å²) in [6, 6.07) is 9.57. The second-order valence-electron chi connectivity index (χ2n) is 7.83. The number of aromatic nitrogens is 3. The van der Waals surface area contributed by atoms with E-state index in [-0.39, 0.29) is 12.0 Å². The van der Waals surface area contributed by atoms with Gasteiger partial charge in [-0.15, -0.1) is 0 Å². The van der Waals surface area contributed by atoms with Crippen LogP contribution in [0.2, 0.25) is 0 Å². The van der Waals surface area contributed by atoms with Crippen LogP contribution in [-0.2, 0) is 0 Å². The van der Waals surface area contributed by atoms with Crippen molar-refractivity contribution in [2.75, 3.05) is 18.4 Å². The van der Waals surface area contributed by atoms with Gasteiger partial charge in [-0.3, -0.25) is 9.89 Å². The number of fused-ring (bicyclic) bond motifs is 1. The zero-order valence-corrected chi connectivity index (χ0v) is 17.2. The standard InChI is InChI=1S/C22H27N5O2/c1-14(2)29-21-18-8-7-16(22(28)27-9-5-4-6-10-27)12-17(18)13-19(24-21)23-20-11-15(3)25-26-20/h7-8,11-14H,4-6,9-10H2,1-3H3,(H2,23,24,25,26). The van der Waals surface area contributed by atoms with Gasteiger partial charge in [-0.1, -0.05) is 0 Å². The third-order valence-corrected chi connectivity index (χ3v) is 5.00. The number of H-pyrrole nitrogens is 1. The molecular weight excluding hydrogens is 366 g/mol. The molecule has 4 rings (SSSR count). The number of anilines is 2. The van der Waals surface area contributed by atoms with Gasteiger partial charge in [-0.25, -0.2) is 0 Å². The van der Waals surface area contributed by atoms with Gasteiger partial charge in [0.25, 0.3) is 5.91 Å². The molecule has 3 aromatic rings. The van der Waals surface area contributed by atoms with Gasteiger partial charge >= 0.3 is 0 Å². The van der Waals surface area contributed by atoms with Gasteiger partial charge in [-0.2, -0.15) is 10.1 Å². The van der Waals surface area contributed by atoms with Crippen molar-refractivity contribution in [3.05, 3.63) is 41.6 Å². The number of rotatable bonds is 5. The fraction of sp³-hybridized carbons (Fsp3) is 0.409. The van der Waals surface area contributed by atoms with Crippen LogP contribution < -0.4 is 10.1 Å². The number of nitrogens with one attached hydrogen (secondary N) is 2. The molecule has 1 saturated heterocycles. The first-order valence-corrected chi connectivity index (χ1v) is 10.2. The van der Waals surface area contributed by atoms with E-state index in [1.807, 2.05) is 56.0 Å². The maximum absolute atomic E-state index is 12.9. The molecule has 1 fully saturated rings. The Morgan fingerprint density at radius 3 is 2.62 bits per heavy atom.